The van der Waals surface area contributed by atoms with Crippen LogP contribution in [0, 0.1) is 6.92 Å². The first-order valence-corrected chi connectivity index (χ1v) is 6.00. The number of carboxylic acids is 1. The van der Waals surface area contributed by atoms with E-state index in [-0.39, 0.29) is 5.56 Å². The summed E-state index contributed by atoms with van der Waals surface area (Å²) in [6, 6.07) is 4.58. The van der Waals surface area contributed by atoms with Crippen molar-refractivity contribution in [2.24, 2.45) is 0 Å². The number of carbonyl (C=O) groups is 1. The number of nitrogens with zero attached hydrogens (tertiary/aromatic N) is 2. The Morgan fingerprint density at radius 3 is 2.95 bits per heavy atom. The average molecular weight is 282 g/mol. The fraction of sp³-hybridized carbons (Fsp3) is 0.250. The third-order valence-electron chi connectivity index (χ3n) is 2.45. The number of anilines is 1. The number of aromatic carboxylic acids is 1. The number of nitrogens with one attached hydrogen (secondary N) is 1. The van der Waals surface area contributed by atoms with Crippen molar-refractivity contribution in [3.05, 3.63) is 40.5 Å². The molecular weight excluding hydrogens is 270 g/mol. The van der Waals surface area contributed by atoms with E-state index in [1.165, 1.54) is 6.07 Å². The summed E-state index contributed by atoms with van der Waals surface area (Å²) in [4.78, 5) is 15.1. The molecule has 0 aliphatic rings. The van der Waals surface area contributed by atoms with E-state index >= 15 is 0 Å². The molecule has 0 unspecified atom stereocenters. The Hall–Kier alpha value is -2.08. The Morgan fingerprint density at radius 2 is 2.32 bits per heavy atom. The minimum atomic E-state index is -1.01. The van der Waals surface area contributed by atoms with Crippen LogP contribution in [0.15, 0.2) is 22.7 Å². The highest BCUT2D eigenvalue weighted by Gasteiger charge is 2.10. The predicted octanol–water partition coefficient (Wildman–Crippen LogP) is 2.38. The van der Waals surface area contributed by atoms with Crippen molar-refractivity contribution in [1.82, 2.24) is 10.1 Å². The lowest BCUT2D eigenvalue weighted by Gasteiger charge is -2.08. The quantitative estimate of drug-likeness (QED) is 0.875. The lowest BCUT2D eigenvalue weighted by atomic mass is 10.2. The van der Waals surface area contributed by atoms with Gasteiger partial charge < -0.3 is 14.9 Å². The molecule has 0 bridgehead atoms. The van der Waals surface area contributed by atoms with Gasteiger partial charge in [0.25, 0.3) is 0 Å². The van der Waals surface area contributed by atoms with Gasteiger partial charge in [-0.2, -0.15) is 4.98 Å². The van der Waals surface area contributed by atoms with Crippen molar-refractivity contribution in [3.63, 3.8) is 0 Å². The first kappa shape index (κ1) is 13.4. The molecular formula is C12H12ClN3O3. The highest BCUT2D eigenvalue weighted by atomic mass is 35.5. The first-order chi connectivity index (χ1) is 9.06. The third kappa shape index (κ3) is 3.45. The van der Waals surface area contributed by atoms with Gasteiger partial charge in [0.15, 0.2) is 5.82 Å². The highest BCUT2D eigenvalue weighted by Crippen LogP contribution is 2.21. The zero-order valence-corrected chi connectivity index (χ0v) is 10.9. The molecule has 2 rings (SSSR count). The number of aromatic nitrogens is 2. The normalized spacial score (nSPS) is 10.4. The number of carboxylic acid groups (broad SMARTS) is 1. The molecule has 0 amide bonds. The second-order valence-corrected chi connectivity index (χ2v) is 4.34. The Kier molecular flexibility index (Phi) is 4.01. The maximum atomic E-state index is 11.0. The molecule has 1 aromatic heterocycles. The molecule has 0 radical (unpaired) electrons. The van der Waals surface area contributed by atoms with Crippen molar-refractivity contribution in [2.75, 3.05) is 11.9 Å². The van der Waals surface area contributed by atoms with Gasteiger partial charge in [0.05, 0.1) is 11.3 Å². The predicted molar refractivity (Wildman–Crippen MR) is 69.6 cm³/mol. The highest BCUT2D eigenvalue weighted by molar-refractivity contribution is 6.31. The molecule has 0 spiro atoms. The number of aryl methyl sites for hydroxylation is 1. The maximum absolute atomic E-state index is 11.0. The van der Waals surface area contributed by atoms with Gasteiger partial charge in [-0.25, -0.2) is 4.79 Å². The second kappa shape index (κ2) is 5.71. The van der Waals surface area contributed by atoms with Crippen LogP contribution in [-0.2, 0) is 6.42 Å². The molecule has 0 aliphatic carbocycles. The molecule has 6 nitrogen and oxygen atoms in total. The molecule has 0 fully saturated rings. The van der Waals surface area contributed by atoms with E-state index in [1.54, 1.807) is 19.1 Å². The standard InChI is InChI=1S/C12H12ClN3O3/c1-7-15-11(16-19-7)4-5-14-10-6-8(13)2-3-9(10)12(17)18/h2-3,6,14H,4-5H2,1H3,(H,17,18). The molecule has 1 heterocycles. The molecule has 2 aromatic rings. The van der Waals surface area contributed by atoms with Gasteiger partial charge in [-0.3, -0.25) is 0 Å². The Labute approximate surface area is 114 Å². The number of rotatable bonds is 5. The van der Waals surface area contributed by atoms with Gasteiger partial charge in [-0.1, -0.05) is 16.8 Å². The van der Waals surface area contributed by atoms with Crippen LogP contribution in [0.1, 0.15) is 22.1 Å². The molecule has 100 valence electrons. The van der Waals surface area contributed by atoms with Crippen LogP contribution < -0.4 is 5.32 Å². The Balaban J connectivity index is 2.02. The van der Waals surface area contributed by atoms with Crippen molar-refractivity contribution in [1.29, 1.82) is 0 Å². The van der Waals surface area contributed by atoms with E-state index in [0.717, 1.165) is 0 Å². The van der Waals surface area contributed by atoms with E-state index in [1.807, 2.05) is 0 Å². The van der Waals surface area contributed by atoms with Crippen LogP contribution in [0.3, 0.4) is 0 Å². The number of hydrogen-bond acceptors (Lipinski definition) is 5. The van der Waals surface area contributed by atoms with Crippen LogP contribution >= 0.6 is 11.6 Å². The monoisotopic (exact) mass is 281 g/mol. The van der Waals surface area contributed by atoms with Crippen molar-refractivity contribution >= 4 is 23.3 Å². The first-order valence-electron chi connectivity index (χ1n) is 5.62. The van der Waals surface area contributed by atoms with Crippen LogP contribution in [-0.4, -0.2) is 27.8 Å². The fourth-order valence-electron chi connectivity index (χ4n) is 1.60. The summed E-state index contributed by atoms with van der Waals surface area (Å²) in [6.07, 6.45) is 0.531. The van der Waals surface area contributed by atoms with E-state index in [9.17, 15) is 4.79 Å². The SMILES string of the molecule is Cc1nc(CCNc2cc(Cl)ccc2C(=O)O)no1. The largest absolute Gasteiger partial charge is 0.478 e. The van der Waals surface area contributed by atoms with E-state index in [0.29, 0.717) is 35.4 Å². The molecule has 19 heavy (non-hydrogen) atoms. The lowest BCUT2D eigenvalue weighted by Crippen LogP contribution is -2.10. The van der Waals surface area contributed by atoms with Crippen molar-refractivity contribution < 1.29 is 14.4 Å². The molecule has 0 saturated heterocycles. The molecule has 2 N–H and O–H groups in total. The molecule has 1 aromatic carbocycles. The Bertz CT molecular complexity index is 598. The van der Waals surface area contributed by atoms with Crippen molar-refractivity contribution in [2.45, 2.75) is 13.3 Å². The zero-order valence-electron chi connectivity index (χ0n) is 10.2. The minimum absolute atomic E-state index is 0.175. The summed E-state index contributed by atoms with van der Waals surface area (Å²) in [6.45, 7) is 2.20. The molecule has 0 aliphatic heterocycles. The van der Waals surface area contributed by atoms with Crippen LogP contribution in [0.5, 0.6) is 0 Å². The lowest BCUT2D eigenvalue weighted by molar-refractivity contribution is 0.0698. The number of hydrogen-bond donors (Lipinski definition) is 2. The topological polar surface area (TPSA) is 88.2 Å². The molecule has 7 heteroatoms. The minimum Gasteiger partial charge on any atom is -0.478 e. The van der Waals surface area contributed by atoms with Gasteiger partial charge in [0.1, 0.15) is 0 Å². The van der Waals surface area contributed by atoms with Crippen LogP contribution in [0.4, 0.5) is 5.69 Å². The summed E-state index contributed by atoms with van der Waals surface area (Å²) < 4.78 is 4.84. The van der Waals surface area contributed by atoms with Gasteiger partial charge in [0.2, 0.25) is 5.89 Å². The summed E-state index contributed by atoms with van der Waals surface area (Å²) in [5.41, 5.74) is 0.647. The Morgan fingerprint density at radius 1 is 1.53 bits per heavy atom. The summed E-state index contributed by atoms with van der Waals surface area (Å²) >= 11 is 5.85. The van der Waals surface area contributed by atoms with Gasteiger partial charge >= 0.3 is 5.97 Å². The number of halogens is 1. The average Bonchev–Trinajstić information content (AvgIpc) is 2.75. The van der Waals surface area contributed by atoms with E-state index < -0.39 is 5.97 Å². The smallest absolute Gasteiger partial charge is 0.337 e. The third-order valence-corrected chi connectivity index (χ3v) is 2.68. The second-order valence-electron chi connectivity index (χ2n) is 3.90. The van der Waals surface area contributed by atoms with E-state index in [2.05, 4.69) is 15.5 Å². The molecule has 0 atom stereocenters. The fourth-order valence-corrected chi connectivity index (χ4v) is 1.77. The summed E-state index contributed by atoms with van der Waals surface area (Å²) in [7, 11) is 0. The van der Waals surface area contributed by atoms with Crippen LogP contribution in [0.2, 0.25) is 5.02 Å². The number of benzene rings is 1. The van der Waals surface area contributed by atoms with Crippen LogP contribution in [0.25, 0.3) is 0 Å². The van der Waals surface area contributed by atoms with Gasteiger partial charge in [0, 0.05) is 24.9 Å². The zero-order chi connectivity index (χ0) is 13.8. The molecule has 0 saturated carbocycles. The van der Waals surface area contributed by atoms with Gasteiger partial charge in [-0.15, -0.1) is 0 Å². The maximum Gasteiger partial charge on any atom is 0.337 e. The van der Waals surface area contributed by atoms with Crippen molar-refractivity contribution in [3.8, 4) is 0 Å². The van der Waals surface area contributed by atoms with Gasteiger partial charge in [-0.05, 0) is 18.2 Å². The van der Waals surface area contributed by atoms with E-state index in [4.69, 9.17) is 21.2 Å². The summed E-state index contributed by atoms with van der Waals surface area (Å²) in [5.74, 6) is 0.0717. The summed E-state index contributed by atoms with van der Waals surface area (Å²) in [5, 5.41) is 16.3.